The molecule has 0 N–H and O–H groups in total. The monoisotopic (exact) mass is 256 g/mol. The second kappa shape index (κ2) is 3.58. The van der Waals surface area contributed by atoms with Gasteiger partial charge in [-0.1, -0.05) is 12.1 Å². The van der Waals surface area contributed by atoms with Crippen LogP contribution in [0.5, 0.6) is 5.75 Å². The van der Waals surface area contributed by atoms with E-state index in [0.717, 1.165) is 0 Å². The van der Waals surface area contributed by atoms with E-state index in [1.807, 2.05) is 0 Å². The van der Waals surface area contributed by atoms with Gasteiger partial charge in [-0.2, -0.15) is 0 Å². The molecule has 1 nitrogen and oxygen atoms in total. The fourth-order valence-electron chi connectivity index (χ4n) is 0.652. The minimum atomic E-state index is -3.66. The number of ether oxygens (including phenoxy) is 1. The lowest BCUT2D eigenvalue weighted by Crippen LogP contribution is -2.15. The van der Waals surface area contributed by atoms with Gasteiger partial charge in [-0.3, -0.25) is 0 Å². The Labute approximate surface area is 81.4 Å². The van der Waals surface area contributed by atoms with E-state index in [0.29, 0.717) is 4.47 Å². The molecule has 0 fully saturated rings. The molecule has 0 atom stereocenters. The topological polar surface area (TPSA) is 9.23 Å². The zero-order valence-corrected chi connectivity index (χ0v) is 8.07. The first kappa shape index (κ1) is 9.74. The Morgan fingerprint density at radius 1 is 1.33 bits per heavy atom. The van der Waals surface area contributed by atoms with Gasteiger partial charge < -0.3 is 4.74 Å². The third-order valence-corrected chi connectivity index (χ3v) is 1.79. The molecule has 0 saturated carbocycles. The molecule has 1 aromatic rings. The van der Waals surface area contributed by atoms with Crippen LogP contribution in [0.4, 0.5) is 8.78 Å². The van der Waals surface area contributed by atoms with Crippen molar-refractivity contribution >= 4 is 27.5 Å². The van der Waals surface area contributed by atoms with E-state index in [9.17, 15) is 8.78 Å². The van der Waals surface area contributed by atoms with Crippen LogP contribution in [0.15, 0.2) is 28.7 Å². The molecule has 0 heterocycles. The van der Waals surface area contributed by atoms with E-state index in [1.54, 1.807) is 18.2 Å². The molecule has 5 heteroatoms. The van der Waals surface area contributed by atoms with E-state index < -0.39 is 5.57 Å². The summed E-state index contributed by atoms with van der Waals surface area (Å²) in [6.07, 6.45) is 0. The standard InChI is InChI=1S/C7H4BrClF2O/c8-5-3-1-2-4-6(5)12-7(9,10)11/h1-4H. The highest BCUT2D eigenvalue weighted by atomic mass is 79.9. The Morgan fingerprint density at radius 2 is 1.92 bits per heavy atom. The minimum Gasteiger partial charge on any atom is -0.419 e. The summed E-state index contributed by atoms with van der Waals surface area (Å²) >= 11 is 7.60. The Balaban J connectivity index is 2.83. The first-order valence-corrected chi connectivity index (χ1v) is 4.16. The number of alkyl halides is 3. The zero-order valence-electron chi connectivity index (χ0n) is 5.73. The van der Waals surface area contributed by atoms with E-state index in [-0.39, 0.29) is 5.75 Å². The van der Waals surface area contributed by atoms with E-state index in [4.69, 9.17) is 0 Å². The molecular formula is C7H4BrClF2O. The van der Waals surface area contributed by atoms with E-state index in [1.165, 1.54) is 6.07 Å². The maximum Gasteiger partial charge on any atom is 0.487 e. The Hall–Kier alpha value is -0.350. The van der Waals surface area contributed by atoms with Crippen molar-refractivity contribution in [3.63, 3.8) is 0 Å². The molecule has 1 aromatic carbocycles. The quantitative estimate of drug-likeness (QED) is 0.735. The smallest absolute Gasteiger partial charge is 0.419 e. The summed E-state index contributed by atoms with van der Waals surface area (Å²) in [4.78, 5) is 0. The molecule has 0 saturated heterocycles. The number of benzene rings is 1. The third-order valence-electron chi connectivity index (χ3n) is 1.06. The van der Waals surface area contributed by atoms with Gasteiger partial charge >= 0.3 is 5.57 Å². The molecule has 0 aliphatic carbocycles. The molecule has 0 aliphatic heterocycles. The van der Waals surface area contributed by atoms with E-state index >= 15 is 0 Å². The van der Waals surface area contributed by atoms with Crippen LogP contribution in [0.1, 0.15) is 0 Å². The van der Waals surface area contributed by atoms with Crippen molar-refractivity contribution in [1.29, 1.82) is 0 Å². The van der Waals surface area contributed by atoms with Gasteiger partial charge in [0.25, 0.3) is 0 Å². The van der Waals surface area contributed by atoms with Crippen LogP contribution in [-0.4, -0.2) is 5.57 Å². The number of hydrogen-bond acceptors (Lipinski definition) is 1. The van der Waals surface area contributed by atoms with Gasteiger partial charge in [0.1, 0.15) is 5.75 Å². The number of rotatable bonds is 2. The molecule has 0 aromatic heterocycles. The van der Waals surface area contributed by atoms with Crippen LogP contribution in [-0.2, 0) is 0 Å². The summed E-state index contributed by atoms with van der Waals surface area (Å²) in [6, 6.07) is 6.23. The summed E-state index contributed by atoms with van der Waals surface area (Å²) in [5, 5.41) is 0. The number of halogens is 4. The van der Waals surface area contributed by atoms with Gasteiger partial charge in [0.2, 0.25) is 0 Å². The highest BCUT2D eigenvalue weighted by molar-refractivity contribution is 9.10. The normalized spacial score (nSPS) is 11.3. The maximum absolute atomic E-state index is 12.1. The van der Waals surface area contributed by atoms with Crippen LogP contribution in [0.2, 0.25) is 0 Å². The Bertz CT molecular complexity index is 274. The minimum absolute atomic E-state index is 0.0116. The largest absolute Gasteiger partial charge is 0.487 e. The molecule has 0 spiro atoms. The van der Waals surface area contributed by atoms with E-state index in [2.05, 4.69) is 32.3 Å². The van der Waals surface area contributed by atoms with Crippen molar-refractivity contribution < 1.29 is 13.5 Å². The lowest BCUT2D eigenvalue weighted by Gasteiger charge is -2.11. The van der Waals surface area contributed by atoms with Gasteiger partial charge in [0, 0.05) is 11.6 Å². The summed E-state index contributed by atoms with van der Waals surface area (Å²) in [6.45, 7) is 0. The second-order valence-electron chi connectivity index (χ2n) is 1.98. The highest BCUT2D eigenvalue weighted by Gasteiger charge is 2.28. The second-order valence-corrected chi connectivity index (χ2v) is 3.27. The predicted molar refractivity (Wildman–Crippen MR) is 45.6 cm³/mol. The summed E-state index contributed by atoms with van der Waals surface area (Å²) in [5.41, 5.74) is -3.66. The molecule has 0 radical (unpaired) electrons. The average molecular weight is 257 g/mol. The van der Waals surface area contributed by atoms with Crippen molar-refractivity contribution in [2.45, 2.75) is 5.57 Å². The van der Waals surface area contributed by atoms with Gasteiger partial charge in [0.15, 0.2) is 0 Å². The molecular weight excluding hydrogens is 253 g/mol. The van der Waals surface area contributed by atoms with Crippen LogP contribution < -0.4 is 4.74 Å². The lowest BCUT2D eigenvalue weighted by atomic mass is 10.3. The third kappa shape index (κ3) is 2.95. The Morgan fingerprint density at radius 3 is 2.42 bits per heavy atom. The van der Waals surface area contributed by atoms with Gasteiger partial charge in [-0.05, 0) is 28.1 Å². The van der Waals surface area contributed by atoms with Crippen LogP contribution in [0.3, 0.4) is 0 Å². The summed E-state index contributed by atoms with van der Waals surface area (Å²) in [7, 11) is 0. The summed E-state index contributed by atoms with van der Waals surface area (Å²) < 4.78 is 28.8. The molecule has 0 bridgehead atoms. The number of hydrogen-bond donors (Lipinski definition) is 0. The fraction of sp³-hybridized carbons (Fsp3) is 0.143. The van der Waals surface area contributed by atoms with Crippen molar-refractivity contribution in [1.82, 2.24) is 0 Å². The summed E-state index contributed by atoms with van der Waals surface area (Å²) in [5.74, 6) is 0.0116. The van der Waals surface area contributed by atoms with Crippen LogP contribution >= 0.6 is 27.5 Å². The fourth-order valence-corrected chi connectivity index (χ4v) is 1.10. The molecule has 12 heavy (non-hydrogen) atoms. The highest BCUT2D eigenvalue weighted by Crippen LogP contribution is 2.30. The Kier molecular flexibility index (Phi) is 2.90. The van der Waals surface area contributed by atoms with Crippen molar-refractivity contribution in [3.05, 3.63) is 28.7 Å². The molecule has 0 aliphatic rings. The molecule has 1 rings (SSSR count). The SMILES string of the molecule is FC(F)(Cl)Oc1ccccc1Br. The maximum atomic E-state index is 12.1. The van der Waals surface area contributed by atoms with Crippen molar-refractivity contribution in [2.75, 3.05) is 0 Å². The molecule has 0 amide bonds. The van der Waals surface area contributed by atoms with Crippen LogP contribution in [0.25, 0.3) is 0 Å². The first-order valence-electron chi connectivity index (χ1n) is 2.99. The van der Waals surface area contributed by atoms with Gasteiger partial charge in [-0.15, -0.1) is 8.78 Å². The molecule has 0 unspecified atom stereocenters. The van der Waals surface area contributed by atoms with Crippen molar-refractivity contribution in [3.8, 4) is 5.75 Å². The zero-order chi connectivity index (χ0) is 9.19. The first-order chi connectivity index (χ1) is 5.49. The van der Waals surface area contributed by atoms with Crippen molar-refractivity contribution in [2.24, 2.45) is 0 Å². The average Bonchev–Trinajstić information content (AvgIpc) is 1.91. The number of para-hydroxylation sites is 1. The predicted octanol–water partition coefficient (Wildman–Crippen LogP) is 3.62. The van der Waals surface area contributed by atoms with Crippen LogP contribution in [0, 0.1) is 0 Å². The van der Waals surface area contributed by atoms with Gasteiger partial charge in [-0.25, -0.2) is 0 Å². The molecule has 66 valence electrons. The lowest BCUT2D eigenvalue weighted by molar-refractivity contribution is -0.0969. The van der Waals surface area contributed by atoms with Gasteiger partial charge in [0.05, 0.1) is 4.47 Å².